The van der Waals surface area contributed by atoms with Crippen molar-refractivity contribution < 1.29 is 4.74 Å². The number of nitrogens with zero attached hydrogens (tertiary/aromatic N) is 1. The Hall–Kier alpha value is -1.53. The lowest BCUT2D eigenvalue weighted by molar-refractivity contribution is 0.239. The van der Waals surface area contributed by atoms with Gasteiger partial charge in [-0.05, 0) is 45.9 Å². The van der Waals surface area contributed by atoms with Crippen LogP contribution in [0.3, 0.4) is 0 Å². The first-order valence-electron chi connectivity index (χ1n) is 5.72. The summed E-state index contributed by atoms with van der Waals surface area (Å²) < 4.78 is 5.78. The first kappa shape index (κ1) is 13.5. The standard InChI is InChI=1S/C14H20N2O/c1-10-6-11(2)13(12(3)7-10)17-9-14(4,8-15)16-5/h6-7,16H,9H2,1-5H3. The molecule has 1 atom stereocenters. The summed E-state index contributed by atoms with van der Waals surface area (Å²) >= 11 is 0. The van der Waals surface area contributed by atoms with Gasteiger partial charge in [-0.3, -0.25) is 5.32 Å². The second-order valence-electron chi connectivity index (χ2n) is 4.71. The quantitative estimate of drug-likeness (QED) is 0.867. The molecule has 0 bridgehead atoms. The molecule has 0 radical (unpaired) electrons. The van der Waals surface area contributed by atoms with Gasteiger partial charge >= 0.3 is 0 Å². The maximum absolute atomic E-state index is 9.05. The smallest absolute Gasteiger partial charge is 0.137 e. The number of rotatable bonds is 4. The summed E-state index contributed by atoms with van der Waals surface area (Å²) in [6.45, 7) is 8.28. The van der Waals surface area contributed by atoms with Crippen molar-refractivity contribution in [3.05, 3.63) is 28.8 Å². The molecule has 3 heteroatoms. The Labute approximate surface area is 103 Å². The van der Waals surface area contributed by atoms with E-state index in [2.05, 4.69) is 30.4 Å². The average molecular weight is 232 g/mol. The van der Waals surface area contributed by atoms with Crippen LogP contribution in [0.4, 0.5) is 0 Å². The van der Waals surface area contributed by atoms with Crippen LogP contribution < -0.4 is 10.1 Å². The molecule has 0 aliphatic rings. The van der Waals surface area contributed by atoms with E-state index < -0.39 is 5.54 Å². The molecular formula is C14H20N2O. The lowest BCUT2D eigenvalue weighted by atomic mass is 10.1. The molecule has 17 heavy (non-hydrogen) atoms. The van der Waals surface area contributed by atoms with Crippen molar-refractivity contribution in [2.75, 3.05) is 13.7 Å². The molecule has 0 saturated heterocycles. The van der Waals surface area contributed by atoms with Crippen molar-refractivity contribution in [1.29, 1.82) is 5.26 Å². The first-order valence-corrected chi connectivity index (χ1v) is 5.72. The van der Waals surface area contributed by atoms with E-state index in [-0.39, 0.29) is 0 Å². The SMILES string of the molecule is CNC(C)(C#N)COc1c(C)cc(C)cc1C. The van der Waals surface area contributed by atoms with Gasteiger partial charge in [0.2, 0.25) is 0 Å². The van der Waals surface area contributed by atoms with Gasteiger partial charge in [0, 0.05) is 0 Å². The fourth-order valence-electron chi connectivity index (χ4n) is 1.77. The first-order chi connectivity index (χ1) is 7.91. The molecule has 1 rings (SSSR count). The minimum Gasteiger partial charge on any atom is -0.490 e. The zero-order valence-electron chi connectivity index (χ0n) is 11.2. The fourth-order valence-corrected chi connectivity index (χ4v) is 1.77. The Bertz CT molecular complexity index is 425. The molecule has 92 valence electrons. The molecule has 1 N–H and O–H groups in total. The normalized spacial score (nSPS) is 13.9. The van der Waals surface area contributed by atoms with Gasteiger partial charge in [-0.2, -0.15) is 5.26 Å². The van der Waals surface area contributed by atoms with Crippen molar-refractivity contribution in [3.63, 3.8) is 0 Å². The maximum atomic E-state index is 9.05. The third-order valence-electron chi connectivity index (χ3n) is 2.91. The second-order valence-corrected chi connectivity index (χ2v) is 4.71. The van der Waals surface area contributed by atoms with Crippen LogP contribution in [0.15, 0.2) is 12.1 Å². The van der Waals surface area contributed by atoms with E-state index in [1.54, 1.807) is 7.05 Å². The van der Waals surface area contributed by atoms with Gasteiger partial charge in [-0.1, -0.05) is 17.7 Å². The van der Waals surface area contributed by atoms with Gasteiger partial charge < -0.3 is 4.74 Å². The summed E-state index contributed by atoms with van der Waals surface area (Å²) in [5.74, 6) is 0.882. The molecule has 0 saturated carbocycles. The van der Waals surface area contributed by atoms with Crippen LogP contribution in [-0.4, -0.2) is 19.2 Å². The van der Waals surface area contributed by atoms with E-state index in [4.69, 9.17) is 10.00 Å². The Kier molecular flexibility index (Phi) is 4.14. The minimum absolute atomic E-state index is 0.338. The fraction of sp³-hybridized carbons (Fsp3) is 0.500. The van der Waals surface area contributed by atoms with Crippen LogP contribution in [0.2, 0.25) is 0 Å². The number of nitriles is 1. The molecule has 0 aliphatic carbocycles. The van der Waals surface area contributed by atoms with E-state index >= 15 is 0 Å². The summed E-state index contributed by atoms with van der Waals surface area (Å²) in [6.07, 6.45) is 0. The number of aryl methyl sites for hydroxylation is 3. The lowest BCUT2D eigenvalue weighted by Crippen LogP contribution is -2.43. The van der Waals surface area contributed by atoms with Gasteiger partial charge in [0.15, 0.2) is 0 Å². The number of hydrogen-bond acceptors (Lipinski definition) is 3. The summed E-state index contributed by atoms with van der Waals surface area (Å²) in [5.41, 5.74) is 2.80. The summed E-state index contributed by atoms with van der Waals surface area (Å²) in [6, 6.07) is 6.39. The largest absolute Gasteiger partial charge is 0.490 e. The number of benzene rings is 1. The summed E-state index contributed by atoms with van der Waals surface area (Å²) in [5, 5.41) is 12.0. The highest BCUT2D eigenvalue weighted by atomic mass is 16.5. The Morgan fingerprint density at radius 3 is 2.24 bits per heavy atom. The number of likely N-dealkylation sites (N-methyl/N-ethyl adjacent to an activating group) is 1. The average Bonchev–Trinajstić information content (AvgIpc) is 2.27. The van der Waals surface area contributed by atoms with Crippen LogP contribution >= 0.6 is 0 Å². The van der Waals surface area contributed by atoms with Crippen molar-refractivity contribution in [3.8, 4) is 11.8 Å². The molecule has 0 amide bonds. The predicted molar refractivity (Wildman–Crippen MR) is 69.2 cm³/mol. The zero-order chi connectivity index (χ0) is 13.1. The number of hydrogen-bond donors (Lipinski definition) is 1. The van der Waals surface area contributed by atoms with Crippen LogP contribution in [0.5, 0.6) is 5.75 Å². The van der Waals surface area contributed by atoms with E-state index in [9.17, 15) is 0 Å². The third kappa shape index (κ3) is 3.21. The molecule has 1 aromatic carbocycles. The number of nitrogens with one attached hydrogen (secondary N) is 1. The molecule has 0 heterocycles. The van der Waals surface area contributed by atoms with Gasteiger partial charge in [0.25, 0.3) is 0 Å². The van der Waals surface area contributed by atoms with Gasteiger partial charge in [-0.25, -0.2) is 0 Å². The monoisotopic (exact) mass is 232 g/mol. The van der Waals surface area contributed by atoms with Crippen molar-refractivity contribution in [2.24, 2.45) is 0 Å². The molecule has 0 aliphatic heterocycles. The maximum Gasteiger partial charge on any atom is 0.137 e. The van der Waals surface area contributed by atoms with E-state index in [1.165, 1.54) is 5.56 Å². The molecule has 1 aromatic rings. The van der Waals surface area contributed by atoms with Gasteiger partial charge in [-0.15, -0.1) is 0 Å². The topological polar surface area (TPSA) is 45.0 Å². The van der Waals surface area contributed by atoms with E-state index in [0.29, 0.717) is 6.61 Å². The molecule has 0 aromatic heterocycles. The number of ether oxygens (including phenoxy) is 1. The highest BCUT2D eigenvalue weighted by Crippen LogP contribution is 2.25. The predicted octanol–water partition coefficient (Wildman–Crippen LogP) is 2.49. The molecule has 0 spiro atoms. The minimum atomic E-state index is -0.649. The van der Waals surface area contributed by atoms with Crippen LogP contribution in [-0.2, 0) is 0 Å². The van der Waals surface area contributed by atoms with Crippen molar-refractivity contribution >= 4 is 0 Å². The molecule has 1 unspecified atom stereocenters. The highest BCUT2D eigenvalue weighted by Gasteiger charge is 2.22. The summed E-state index contributed by atoms with van der Waals surface area (Å²) in [7, 11) is 1.77. The van der Waals surface area contributed by atoms with E-state index in [0.717, 1.165) is 16.9 Å². The molecule has 0 fully saturated rings. The van der Waals surface area contributed by atoms with Crippen molar-refractivity contribution in [2.45, 2.75) is 33.2 Å². The van der Waals surface area contributed by atoms with E-state index in [1.807, 2.05) is 20.8 Å². The molecular weight excluding hydrogens is 212 g/mol. The van der Waals surface area contributed by atoms with Crippen molar-refractivity contribution in [1.82, 2.24) is 5.32 Å². The Balaban J connectivity index is 2.87. The van der Waals surface area contributed by atoms with Gasteiger partial charge in [0.05, 0.1) is 6.07 Å². The second kappa shape index (κ2) is 5.20. The Morgan fingerprint density at radius 2 is 1.82 bits per heavy atom. The highest BCUT2D eigenvalue weighted by molar-refractivity contribution is 5.43. The third-order valence-corrected chi connectivity index (χ3v) is 2.91. The van der Waals surface area contributed by atoms with Crippen LogP contribution in [0.1, 0.15) is 23.6 Å². The van der Waals surface area contributed by atoms with Crippen LogP contribution in [0.25, 0.3) is 0 Å². The van der Waals surface area contributed by atoms with Crippen LogP contribution in [0, 0.1) is 32.1 Å². The molecule has 3 nitrogen and oxygen atoms in total. The summed E-state index contributed by atoms with van der Waals surface area (Å²) in [4.78, 5) is 0. The van der Waals surface area contributed by atoms with Gasteiger partial charge in [0.1, 0.15) is 17.9 Å². The zero-order valence-corrected chi connectivity index (χ0v) is 11.2. The lowest BCUT2D eigenvalue weighted by Gasteiger charge is -2.22. The Morgan fingerprint density at radius 1 is 1.29 bits per heavy atom.